The van der Waals surface area contributed by atoms with Crippen molar-refractivity contribution in [3.63, 3.8) is 0 Å². The summed E-state index contributed by atoms with van der Waals surface area (Å²) in [5, 5.41) is 4.00. The van der Waals surface area contributed by atoms with Gasteiger partial charge >= 0.3 is 0 Å². The molecule has 1 aromatic carbocycles. The first kappa shape index (κ1) is 12.5. The number of hydrogen-bond acceptors (Lipinski definition) is 4. The Labute approximate surface area is 116 Å². The van der Waals surface area contributed by atoms with Gasteiger partial charge < -0.3 is 0 Å². The Kier molecular flexibility index (Phi) is 3.42. The van der Waals surface area contributed by atoms with E-state index in [2.05, 4.69) is 21.7 Å². The van der Waals surface area contributed by atoms with E-state index in [9.17, 15) is 4.79 Å². The van der Waals surface area contributed by atoms with Crippen molar-refractivity contribution < 1.29 is 4.79 Å². The van der Waals surface area contributed by atoms with Crippen molar-refractivity contribution in [2.75, 3.05) is 0 Å². The van der Waals surface area contributed by atoms with Gasteiger partial charge in [-0.1, -0.05) is 42.1 Å². The van der Waals surface area contributed by atoms with E-state index in [1.165, 1.54) is 36.4 Å². The van der Waals surface area contributed by atoms with Crippen LogP contribution in [0.2, 0.25) is 0 Å². The normalized spacial score (nSPS) is 15.2. The van der Waals surface area contributed by atoms with E-state index < -0.39 is 0 Å². The zero-order valence-electron chi connectivity index (χ0n) is 10.9. The lowest BCUT2D eigenvalue weighted by molar-refractivity contribution is 0.104. The number of carbonyl (C=O) groups is 1. The van der Waals surface area contributed by atoms with E-state index in [0.717, 1.165) is 17.7 Å². The molecule has 98 valence electrons. The Balaban J connectivity index is 1.83. The predicted molar refractivity (Wildman–Crippen MR) is 75.8 cm³/mol. The largest absolute Gasteiger partial charge is 0.288 e. The molecule has 0 bridgehead atoms. The minimum absolute atomic E-state index is 0.0482. The van der Waals surface area contributed by atoms with E-state index >= 15 is 0 Å². The molecule has 19 heavy (non-hydrogen) atoms. The van der Waals surface area contributed by atoms with E-state index in [4.69, 9.17) is 0 Å². The van der Waals surface area contributed by atoms with Gasteiger partial charge in [0.1, 0.15) is 4.88 Å². The van der Waals surface area contributed by atoms with Crippen LogP contribution in [0.15, 0.2) is 24.3 Å². The topological polar surface area (TPSA) is 42.9 Å². The van der Waals surface area contributed by atoms with E-state index in [0.29, 0.717) is 10.8 Å². The van der Waals surface area contributed by atoms with Crippen molar-refractivity contribution in [1.29, 1.82) is 0 Å². The molecule has 0 atom stereocenters. The fourth-order valence-electron chi connectivity index (χ4n) is 2.39. The Morgan fingerprint density at radius 1 is 1.32 bits per heavy atom. The monoisotopic (exact) mass is 272 g/mol. The molecule has 2 aromatic rings. The molecule has 0 saturated heterocycles. The Hall–Kier alpha value is -1.55. The first-order valence-corrected chi connectivity index (χ1v) is 7.53. The summed E-state index contributed by atoms with van der Waals surface area (Å²) in [7, 11) is 0. The second-order valence-electron chi connectivity index (χ2n) is 4.98. The van der Waals surface area contributed by atoms with Crippen LogP contribution in [0.25, 0.3) is 0 Å². The third-order valence-corrected chi connectivity index (χ3v) is 4.61. The Morgan fingerprint density at radius 2 is 2.05 bits per heavy atom. The molecule has 0 radical (unpaired) electrons. The standard InChI is InChI=1S/C15H16N2OS/c1-2-13-15(19-17-16-13)14(18)12-8-6-11(7-9-12)10-4-3-5-10/h6-10H,2-5H2,1H3. The van der Waals surface area contributed by atoms with Crippen molar-refractivity contribution in [3.05, 3.63) is 46.0 Å². The van der Waals surface area contributed by atoms with Gasteiger partial charge in [0.05, 0.1) is 5.69 Å². The number of aromatic nitrogens is 2. The number of aryl methyl sites for hydroxylation is 1. The predicted octanol–water partition coefficient (Wildman–Crippen LogP) is 3.60. The molecule has 1 saturated carbocycles. The average Bonchev–Trinajstić information content (AvgIpc) is 2.85. The summed E-state index contributed by atoms with van der Waals surface area (Å²) in [6.07, 6.45) is 4.65. The molecule has 4 heteroatoms. The minimum Gasteiger partial charge on any atom is -0.288 e. The van der Waals surface area contributed by atoms with Crippen LogP contribution in [-0.4, -0.2) is 15.4 Å². The van der Waals surface area contributed by atoms with Crippen LogP contribution in [0, 0.1) is 0 Å². The highest BCUT2D eigenvalue weighted by Gasteiger charge is 2.21. The lowest BCUT2D eigenvalue weighted by atomic mass is 9.80. The third-order valence-electron chi connectivity index (χ3n) is 3.85. The molecule has 0 aliphatic heterocycles. The number of rotatable bonds is 4. The van der Waals surface area contributed by atoms with Crippen molar-refractivity contribution in [1.82, 2.24) is 9.59 Å². The number of hydrogen-bond donors (Lipinski definition) is 0. The van der Waals surface area contributed by atoms with Crippen LogP contribution in [0.3, 0.4) is 0 Å². The first-order chi connectivity index (χ1) is 9.29. The maximum atomic E-state index is 12.4. The summed E-state index contributed by atoms with van der Waals surface area (Å²) in [5.41, 5.74) is 2.91. The fourth-order valence-corrected chi connectivity index (χ4v) is 3.10. The van der Waals surface area contributed by atoms with E-state index in [-0.39, 0.29) is 5.78 Å². The Morgan fingerprint density at radius 3 is 2.63 bits per heavy atom. The molecule has 3 rings (SSSR count). The molecule has 1 fully saturated rings. The second-order valence-corrected chi connectivity index (χ2v) is 5.74. The molecule has 0 unspecified atom stereocenters. The number of benzene rings is 1. The van der Waals surface area contributed by atoms with Crippen molar-refractivity contribution in [2.24, 2.45) is 0 Å². The van der Waals surface area contributed by atoms with Crippen LogP contribution in [-0.2, 0) is 6.42 Å². The van der Waals surface area contributed by atoms with Gasteiger partial charge in [-0.05, 0) is 42.3 Å². The average molecular weight is 272 g/mol. The highest BCUT2D eigenvalue weighted by molar-refractivity contribution is 7.08. The van der Waals surface area contributed by atoms with Gasteiger partial charge in [-0.2, -0.15) is 0 Å². The lowest BCUT2D eigenvalue weighted by Gasteiger charge is -2.25. The maximum Gasteiger partial charge on any atom is 0.206 e. The molecule has 3 nitrogen and oxygen atoms in total. The van der Waals surface area contributed by atoms with Crippen molar-refractivity contribution in [3.8, 4) is 0 Å². The highest BCUT2D eigenvalue weighted by Crippen LogP contribution is 2.36. The van der Waals surface area contributed by atoms with Crippen molar-refractivity contribution in [2.45, 2.75) is 38.5 Å². The molecular weight excluding hydrogens is 256 g/mol. The quantitative estimate of drug-likeness (QED) is 0.799. The summed E-state index contributed by atoms with van der Waals surface area (Å²) in [4.78, 5) is 13.1. The van der Waals surface area contributed by atoms with Crippen LogP contribution < -0.4 is 0 Å². The number of nitrogens with zero attached hydrogens (tertiary/aromatic N) is 2. The molecule has 0 amide bonds. The van der Waals surface area contributed by atoms with Gasteiger partial charge in [-0.3, -0.25) is 4.79 Å². The SMILES string of the molecule is CCc1nnsc1C(=O)c1ccc(C2CCC2)cc1. The molecule has 1 aromatic heterocycles. The van der Waals surface area contributed by atoms with Gasteiger partial charge in [0.15, 0.2) is 0 Å². The summed E-state index contributed by atoms with van der Waals surface area (Å²) in [6, 6.07) is 8.07. The molecule has 0 N–H and O–H groups in total. The van der Waals surface area contributed by atoms with Gasteiger partial charge in [0.25, 0.3) is 0 Å². The van der Waals surface area contributed by atoms with Gasteiger partial charge in [-0.15, -0.1) is 5.10 Å². The second kappa shape index (κ2) is 5.21. The van der Waals surface area contributed by atoms with Crippen LogP contribution in [0.4, 0.5) is 0 Å². The van der Waals surface area contributed by atoms with Crippen LogP contribution in [0.1, 0.15) is 58.6 Å². The Bertz CT molecular complexity index is 584. The van der Waals surface area contributed by atoms with Crippen molar-refractivity contribution >= 4 is 17.3 Å². The number of ketones is 1. The van der Waals surface area contributed by atoms with Crippen LogP contribution in [0.5, 0.6) is 0 Å². The minimum atomic E-state index is 0.0482. The molecule has 0 spiro atoms. The van der Waals surface area contributed by atoms with E-state index in [1.807, 2.05) is 19.1 Å². The summed E-state index contributed by atoms with van der Waals surface area (Å²) in [6.45, 7) is 1.99. The summed E-state index contributed by atoms with van der Waals surface area (Å²) < 4.78 is 3.88. The summed E-state index contributed by atoms with van der Waals surface area (Å²) >= 11 is 1.19. The zero-order valence-corrected chi connectivity index (χ0v) is 11.7. The van der Waals surface area contributed by atoms with Crippen LogP contribution >= 0.6 is 11.5 Å². The molecule has 1 aliphatic carbocycles. The highest BCUT2D eigenvalue weighted by atomic mass is 32.1. The fraction of sp³-hybridized carbons (Fsp3) is 0.400. The summed E-state index contributed by atoms with van der Waals surface area (Å²) in [5.74, 6) is 0.757. The van der Waals surface area contributed by atoms with E-state index in [1.54, 1.807) is 0 Å². The lowest BCUT2D eigenvalue weighted by Crippen LogP contribution is -2.09. The zero-order chi connectivity index (χ0) is 13.2. The van der Waals surface area contributed by atoms with Gasteiger partial charge in [0, 0.05) is 5.56 Å². The van der Waals surface area contributed by atoms with Gasteiger partial charge in [-0.25, -0.2) is 0 Å². The third kappa shape index (κ3) is 2.32. The molecule has 1 heterocycles. The smallest absolute Gasteiger partial charge is 0.206 e. The maximum absolute atomic E-state index is 12.4. The molecule has 1 aliphatic rings. The first-order valence-electron chi connectivity index (χ1n) is 6.75. The molecular formula is C15H16N2OS. The number of carbonyl (C=O) groups excluding carboxylic acids is 1. The van der Waals surface area contributed by atoms with Gasteiger partial charge in [0.2, 0.25) is 5.78 Å².